The van der Waals surface area contributed by atoms with Gasteiger partial charge in [-0.25, -0.2) is 4.39 Å². The minimum Gasteiger partial charge on any atom is -0.591 e. The number of carbonyl (C=O) groups is 1. The number of nitrogens with two attached hydrogens (primary N) is 1. The Kier molecular flexibility index (Phi) is 9.94. The predicted molar refractivity (Wildman–Crippen MR) is 139 cm³/mol. The molecule has 3 aliphatic rings. The molecule has 1 amide bonds. The molecule has 3 fully saturated rings. The maximum Gasteiger partial charge on any atom is 0.226 e. The molecule has 1 aliphatic heterocycles. The first-order chi connectivity index (χ1) is 17.6. The molecule has 2 heterocycles. The molecule has 2 unspecified atom stereocenters. The normalized spacial score (nSPS) is 31.2. The second-order valence-corrected chi connectivity index (χ2v) is 11.3. The fourth-order valence-electron chi connectivity index (χ4n) is 7.11. The number of furan rings is 1. The molecule has 6 nitrogen and oxygen atoms in total. The zero-order valence-electron chi connectivity index (χ0n) is 21.8. The summed E-state index contributed by atoms with van der Waals surface area (Å²) in [6, 6.07) is 7.74. The van der Waals surface area contributed by atoms with E-state index in [4.69, 9.17) is 14.9 Å². The molecule has 2 saturated carbocycles. The van der Waals surface area contributed by atoms with Crippen molar-refractivity contribution in [3.63, 3.8) is 0 Å². The van der Waals surface area contributed by atoms with Crippen molar-refractivity contribution in [3.05, 3.63) is 30.5 Å². The Morgan fingerprint density at radius 2 is 1.95 bits per heavy atom. The molecule has 8 heteroatoms. The molecule has 207 valence electrons. The second kappa shape index (κ2) is 13.0. The summed E-state index contributed by atoms with van der Waals surface area (Å²) in [6.45, 7) is 1.11. The summed E-state index contributed by atoms with van der Waals surface area (Å²) in [6.07, 6.45) is 12.2. The first-order valence-electron chi connectivity index (χ1n) is 13.9. The number of benzene rings is 1. The molecule has 37 heavy (non-hydrogen) atoms. The molecule has 5 rings (SSSR count). The third kappa shape index (κ3) is 6.35. The molecule has 0 bridgehead atoms. The molecular formula is C29H41CoFN3O3-. The van der Waals surface area contributed by atoms with Crippen molar-refractivity contribution in [1.29, 1.82) is 0 Å². The van der Waals surface area contributed by atoms with E-state index < -0.39 is 6.67 Å². The van der Waals surface area contributed by atoms with Crippen LogP contribution in [0.4, 0.5) is 10.1 Å². The Labute approximate surface area is 230 Å². The van der Waals surface area contributed by atoms with Gasteiger partial charge in [0.2, 0.25) is 5.91 Å². The molecule has 2 aromatic rings. The Bertz CT molecular complexity index is 1000. The number of ether oxygens (including phenoxy) is 1. The zero-order valence-corrected chi connectivity index (χ0v) is 22.8. The van der Waals surface area contributed by atoms with Gasteiger partial charge in [0, 0.05) is 54.6 Å². The Morgan fingerprint density at radius 1 is 1.19 bits per heavy atom. The van der Waals surface area contributed by atoms with Gasteiger partial charge in [-0.15, -0.1) is 11.5 Å². The third-order valence-electron chi connectivity index (χ3n) is 9.35. The fourth-order valence-corrected chi connectivity index (χ4v) is 7.11. The average Bonchev–Trinajstić information content (AvgIpc) is 3.58. The Balaban J connectivity index is 0.00000320. The van der Waals surface area contributed by atoms with E-state index in [9.17, 15) is 9.18 Å². The average molecular weight is 558 g/mol. The van der Waals surface area contributed by atoms with Crippen molar-refractivity contribution in [3.8, 4) is 0 Å². The number of fused-ring (bicyclic) bond motifs is 1. The quantitative estimate of drug-likeness (QED) is 0.438. The molecule has 1 saturated heterocycles. The van der Waals surface area contributed by atoms with Gasteiger partial charge in [-0.2, -0.15) is 0 Å². The molecule has 3 N–H and O–H groups in total. The summed E-state index contributed by atoms with van der Waals surface area (Å²) in [4.78, 5) is 16.0. The van der Waals surface area contributed by atoms with E-state index in [-0.39, 0.29) is 40.7 Å². The molecule has 1 radical (unpaired) electrons. The Morgan fingerprint density at radius 3 is 2.65 bits per heavy atom. The van der Waals surface area contributed by atoms with Gasteiger partial charge in [0.25, 0.3) is 0 Å². The van der Waals surface area contributed by atoms with Crippen LogP contribution in [0.2, 0.25) is 0 Å². The second-order valence-electron chi connectivity index (χ2n) is 11.3. The number of rotatable bonds is 8. The van der Waals surface area contributed by atoms with Crippen LogP contribution in [0.3, 0.4) is 0 Å². The number of amides is 1. The van der Waals surface area contributed by atoms with Gasteiger partial charge >= 0.3 is 0 Å². The number of nitrogens with one attached hydrogen (secondary N) is 1. The van der Waals surface area contributed by atoms with Gasteiger partial charge < -0.3 is 25.1 Å². The maximum absolute atomic E-state index is 13.8. The zero-order chi connectivity index (χ0) is 25.1. The van der Waals surface area contributed by atoms with Gasteiger partial charge in [-0.05, 0) is 93.5 Å². The maximum atomic E-state index is 13.8. The van der Waals surface area contributed by atoms with E-state index in [0.717, 1.165) is 74.7 Å². The van der Waals surface area contributed by atoms with Crippen LogP contribution in [0.1, 0.15) is 57.8 Å². The van der Waals surface area contributed by atoms with E-state index >= 15 is 0 Å². The summed E-state index contributed by atoms with van der Waals surface area (Å²) in [5, 5.41) is 4.67. The smallest absolute Gasteiger partial charge is 0.226 e. The summed E-state index contributed by atoms with van der Waals surface area (Å²) < 4.78 is 24.0. The van der Waals surface area contributed by atoms with Crippen molar-refractivity contribution in [2.24, 2.45) is 29.4 Å². The van der Waals surface area contributed by atoms with Crippen LogP contribution in [0, 0.1) is 29.9 Å². The molecule has 3 atom stereocenters. The van der Waals surface area contributed by atoms with Crippen LogP contribution in [0.5, 0.6) is 0 Å². The summed E-state index contributed by atoms with van der Waals surface area (Å²) >= 11 is 0. The van der Waals surface area contributed by atoms with Crippen molar-refractivity contribution >= 4 is 22.6 Å². The van der Waals surface area contributed by atoms with Crippen LogP contribution < -0.4 is 11.1 Å². The minimum absolute atomic E-state index is 0. The number of halogens is 1. The van der Waals surface area contributed by atoms with E-state index in [2.05, 4.69) is 22.5 Å². The first-order valence-corrected chi connectivity index (χ1v) is 13.9. The van der Waals surface area contributed by atoms with Crippen LogP contribution in [0.15, 0.2) is 28.7 Å². The standard InChI is InChI=1S/C29H41FN3O3.Co/c1-35-24-9-6-19(7-10-24)25-12-14-33(29(34)21-4-2-20(3-5-21)26(31)17-30)27(25)18-32-23-8-11-28-22(16-23)13-15-36-28;/h8,11,13,16,19-21,24-27,32H,2-7,9-10,12,14,17-18,31H2,1H3;/q-1;/t19?,20?,21?,24?,25?,26-,27?;/m1./s1. The van der Waals surface area contributed by atoms with E-state index in [0.29, 0.717) is 23.8 Å². The van der Waals surface area contributed by atoms with Gasteiger partial charge in [0.1, 0.15) is 6.67 Å². The van der Waals surface area contributed by atoms with Gasteiger partial charge in [-0.1, -0.05) is 12.1 Å². The predicted octanol–water partition coefficient (Wildman–Crippen LogP) is 5.17. The van der Waals surface area contributed by atoms with Crippen molar-refractivity contribution in [1.82, 2.24) is 4.90 Å². The van der Waals surface area contributed by atoms with Crippen LogP contribution in [-0.4, -0.2) is 55.9 Å². The number of anilines is 1. The first kappa shape index (κ1) is 28.4. The topological polar surface area (TPSA) is 80.7 Å². The molecule has 0 spiro atoms. The molecule has 1 aromatic carbocycles. The largest absolute Gasteiger partial charge is 0.591 e. The molecular weight excluding hydrogens is 516 g/mol. The number of likely N-dealkylation sites (tertiary alicyclic amines) is 1. The monoisotopic (exact) mass is 557 g/mol. The van der Waals surface area contributed by atoms with E-state index in [1.54, 1.807) is 0 Å². The molecule has 2 aliphatic carbocycles. The number of hydrogen-bond donors (Lipinski definition) is 2. The van der Waals surface area contributed by atoms with Crippen molar-refractivity contribution in [2.75, 3.05) is 32.2 Å². The number of hydrogen-bond acceptors (Lipinski definition) is 5. The van der Waals surface area contributed by atoms with E-state index in [1.807, 2.05) is 25.3 Å². The Hall–Kier alpha value is -1.61. The third-order valence-corrected chi connectivity index (χ3v) is 9.35. The number of nitrogens with zero attached hydrogens (tertiary/aromatic N) is 1. The summed E-state index contributed by atoms with van der Waals surface area (Å²) in [5.74, 6) is 1.67. The molecule has 1 aromatic heterocycles. The number of carbonyl (C=O) groups excluding carboxylic acids is 1. The van der Waals surface area contributed by atoms with Crippen LogP contribution in [0.25, 0.3) is 11.0 Å². The van der Waals surface area contributed by atoms with Gasteiger partial charge in [0.05, 0.1) is 12.1 Å². The van der Waals surface area contributed by atoms with Crippen LogP contribution in [-0.2, 0) is 26.3 Å². The van der Waals surface area contributed by atoms with Gasteiger partial charge in [0.15, 0.2) is 0 Å². The van der Waals surface area contributed by atoms with Crippen molar-refractivity contribution in [2.45, 2.75) is 76.0 Å². The fraction of sp³-hybridized carbons (Fsp3) is 0.690. The number of alkyl halides is 1. The minimum atomic E-state index is -0.473. The van der Waals surface area contributed by atoms with E-state index in [1.165, 1.54) is 12.8 Å². The van der Waals surface area contributed by atoms with Crippen molar-refractivity contribution < 1.29 is 35.1 Å². The van der Waals surface area contributed by atoms with Crippen LogP contribution >= 0.6 is 0 Å². The summed E-state index contributed by atoms with van der Waals surface area (Å²) in [5.41, 5.74) is 7.83. The summed E-state index contributed by atoms with van der Waals surface area (Å²) in [7, 11) is 1.82. The number of methoxy groups -OCH3 is 1. The SMILES string of the molecule is COC1CCC(C2CCN(C(=O)C3CCC([C@H](N)CF)CC3)C2CNc2ccc3o[c-]cc3c2)CC1.[Co]. The van der Waals surface area contributed by atoms with Gasteiger partial charge in [-0.3, -0.25) is 4.79 Å².